The number of aromatic amines is 2. The molecule has 8 heteroatoms. The van der Waals surface area contributed by atoms with Crippen LogP contribution in [0.1, 0.15) is 33.5 Å². The Morgan fingerprint density at radius 1 is 1.28 bits per heavy atom. The number of nitrogens with zero attached hydrogens (tertiary/aromatic N) is 3. The van der Waals surface area contributed by atoms with Gasteiger partial charge < -0.3 is 15.0 Å². The summed E-state index contributed by atoms with van der Waals surface area (Å²) in [5, 5.41) is 9.83. The highest BCUT2D eigenvalue weighted by Gasteiger charge is 2.27. The Bertz CT molecular complexity index is 929. The molecule has 3 aromatic rings. The number of aromatic nitrogens is 5. The third-order valence-corrected chi connectivity index (χ3v) is 4.33. The molecule has 0 aliphatic carbocycles. The van der Waals surface area contributed by atoms with E-state index >= 15 is 0 Å². The Hall–Kier alpha value is -3.16. The molecule has 1 atom stereocenters. The third kappa shape index (κ3) is 2.86. The monoisotopic (exact) mass is 338 g/mol. The van der Waals surface area contributed by atoms with Crippen LogP contribution in [0.2, 0.25) is 0 Å². The number of hydrogen-bond donors (Lipinski definition) is 3. The topological polar surface area (TPSA) is 109 Å². The van der Waals surface area contributed by atoms with Gasteiger partial charge in [0.1, 0.15) is 17.3 Å². The Kier molecular flexibility index (Phi) is 3.72. The van der Waals surface area contributed by atoms with Crippen molar-refractivity contribution in [3.63, 3.8) is 0 Å². The van der Waals surface area contributed by atoms with Gasteiger partial charge in [-0.05, 0) is 31.0 Å². The molecule has 0 unspecified atom stereocenters. The van der Waals surface area contributed by atoms with Crippen molar-refractivity contribution in [1.29, 1.82) is 0 Å². The molecular formula is C17H18N6O2. The maximum atomic E-state index is 12.4. The van der Waals surface area contributed by atoms with Gasteiger partial charge in [0.15, 0.2) is 5.82 Å². The highest BCUT2D eigenvalue weighted by molar-refractivity contribution is 5.94. The molecule has 0 bridgehead atoms. The maximum Gasteiger partial charge on any atom is 0.271 e. The van der Waals surface area contributed by atoms with Gasteiger partial charge in [-0.3, -0.25) is 9.89 Å². The fourth-order valence-electron chi connectivity index (χ4n) is 3.05. The first-order chi connectivity index (χ1) is 12.1. The van der Waals surface area contributed by atoms with Crippen LogP contribution in [0.3, 0.4) is 0 Å². The first-order valence-electron chi connectivity index (χ1n) is 8.04. The fourth-order valence-corrected chi connectivity index (χ4v) is 3.05. The van der Waals surface area contributed by atoms with Crippen LogP contribution in [0.15, 0.2) is 24.3 Å². The molecule has 1 aliphatic heterocycles. The average molecular weight is 338 g/mol. The average Bonchev–Trinajstić information content (AvgIpc) is 3.21. The van der Waals surface area contributed by atoms with Crippen LogP contribution in [0.5, 0.6) is 5.75 Å². The maximum absolute atomic E-state index is 12.4. The summed E-state index contributed by atoms with van der Waals surface area (Å²) in [5.41, 5.74) is 2.31. The minimum atomic E-state index is -0.185. The number of fused-ring (bicyclic) bond motifs is 1. The van der Waals surface area contributed by atoms with Crippen molar-refractivity contribution in [2.45, 2.75) is 19.3 Å². The van der Waals surface area contributed by atoms with Gasteiger partial charge in [-0.25, -0.2) is 9.97 Å². The standard InChI is InChI=1S/C17H18N6O2/c1-9-19-16(23-22-9)15-20-13-7-11(8-18-17(24)14(13)21-15)10-4-3-5-12(6-10)25-2/h3-6,11H,7-8H2,1-2H3,(H,18,24)(H,20,21)(H,19,22,23)/t11-/m1/s1. The number of amides is 1. The second kappa shape index (κ2) is 6.04. The predicted octanol–water partition coefficient (Wildman–Crippen LogP) is 1.58. The summed E-state index contributed by atoms with van der Waals surface area (Å²) in [6, 6.07) is 7.90. The third-order valence-electron chi connectivity index (χ3n) is 4.33. The highest BCUT2D eigenvalue weighted by atomic mass is 16.5. The van der Waals surface area contributed by atoms with E-state index in [1.807, 2.05) is 31.2 Å². The van der Waals surface area contributed by atoms with Crippen molar-refractivity contribution < 1.29 is 9.53 Å². The molecule has 1 amide bonds. The van der Waals surface area contributed by atoms with Crippen LogP contribution in [-0.4, -0.2) is 44.7 Å². The van der Waals surface area contributed by atoms with E-state index in [4.69, 9.17) is 4.74 Å². The predicted molar refractivity (Wildman–Crippen MR) is 90.5 cm³/mol. The molecule has 3 N–H and O–H groups in total. The van der Waals surface area contributed by atoms with E-state index in [0.29, 0.717) is 36.1 Å². The van der Waals surface area contributed by atoms with Crippen LogP contribution >= 0.6 is 0 Å². The summed E-state index contributed by atoms with van der Waals surface area (Å²) < 4.78 is 5.30. The van der Waals surface area contributed by atoms with E-state index in [1.165, 1.54) is 0 Å². The first kappa shape index (κ1) is 15.4. The number of aryl methyl sites for hydroxylation is 1. The molecule has 3 heterocycles. The lowest BCUT2D eigenvalue weighted by atomic mass is 9.94. The first-order valence-corrected chi connectivity index (χ1v) is 8.04. The summed E-state index contributed by atoms with van der Waals surface area (Å²) in [4.78, 5) is 24.3. The molecule has 8 nitrogen and oxygen atoms in total. The summed E-state index contributed by atoms with van der Waals surface area (Å²) >= 11 is 0. The molecule has 2 aromatic heterocycles. The zero-order chi connectivity index (χ0) is 17.4. The molecule has 0 saturated heterocycles. The van der Waals surface area contributed by atoms with Gasteiger partial charge in [-0.2, -0.15) is 5.10 Å². The molecule has 128 valence electrons. The van der Waals surface area contributed by atoms with Crippen molar-refractivity contribution in [1.82, 2.24) is 30.5 Å². The van der Waals surface area contributed by atoms with Crippen LogP contribution in [0.25, 0.3) is 11.6 Å². The minimum Gasteiger partial charge on any atom is -0.497 e. The second-order valence-electron chi connectivity index (χ2n) is 6.04. The number of methoxy groups -OCH3 is 1. The molecule has 0 saturated carbocycles. The molecule has 25 heavy (non-hydrogen) atoms. The van der Waals surface area contributed by atoms with Gasteiger partial charge in [0, 0.05) is 18.2 Å². The number of rotatable bonds is 3. The number of ether oxygens (including phenoxy) is 1. The number of H-pyrrole nitrogens is 2. The smallest absolute Gasteiger partial charge is 0.271 e. The lowest BCUT2D eigenvalue weighted by Crippen LogP contribution is -2.26. The summed E-state index contributed by atoms with van der Waals surface area (Å²) in [7, 11) is 1.64. The number of nitrogens with one attached hydrogen (secondary N) is 3. The Labute approximate surface area is 144 Å². The quantitative estimate of drug-likeness (QED) is 0.672. The Morgan fingerprint density at radius 3 is 2.92 bits per heavy atom. The normalized spacial score (nSPS) is 16.9. The minimum absolute atomic E-state index is 0.127. The number of carbonyl (C=O) groups is 1. The van der Waals surface area contributed by atoms with Crippen LogP contribution in [0, 0.1) is 6.92 Å². The van der Waals surface area contributed by atoms with Crippen molar-refractivity contribution >= 4 is 5.91 Å². The number of imidazole rings is 1. The number of hydrogen-bond acceptors (Lipinski definition) is 5. The molecule has 4 rings (SSSR count). The zero-order valence-electron chi connectivity index (χ0n) is 14.0. The van der Waals surface area contributed by atoms with Crippen molar-refractivity contribution in [2.75, 3.05) is 13.7 Å². The van der Waals surface area contributed by atoms with E-state index < -0.39 is 0 Å². The zero-order valence-corrected chi connectivity index (χ0v) is 14.0. The van der Waals surface area contributed by atoms with Gasteiger partial charge in [-0.15, -0.1) is 0 Å². The summed E-state index contributed by atoms with van der Waals surface area (Å²) in [5.74, 6) is 2.39. The van der Waals surface area contributed by atoms with E-state index in [9.17, 15) is 4.79 Å². The molecule has 0 fully saturated rings. The summed E-state index contributed by atoms with van der Waals surface area (Å²) in [6.45, 7) is 2.36. The van der Waals surface area contributed by atoms with Crippen LogP contribution < -0.4 is 10.1 Å². The molecule has 1 aliphatic rings. The van der Waals surface area contributed by atoms with Gasteiger partial charge in [0.25, 0.3) is 5.91 Å². The second-order valence-corrected chi connectivity index (χ2v) is 6.04. The number of carbonyl (C=O) groups excluding carboxylic acids is 1. The molecular weight excluding hydrogens is 320 g/mol. The van der Waals surface area contributed by atoms with Gasteiger partial charge in [0.2, 0.25) is 5.82 Å². The van der Waals surface area contributed by atoms with Crippen molar-refractivity contribution in [2.24, 2.45) is 0 Å². The van der Waals surface area contributed by atoms with E-state index in [0.717, 1.165) is 17.0 Å². The number of benzene rings is 1. The van der Waals surface area contributed by atoms with Crippen molar-refractivity contribution in [3.05, 3.63) is 47.0 Å². The van der Waals surface area contributed by atoms with E-state index in [1.54, 1.807) is 7.11 Å². The fraction of sp³-hybridized carbons (Fsp3) is 0.294. The summed E-state index contributed by atoms with van der Waals surface area (Å²) in [6.07, 6.45) is 0.664. The van der Waals surface area contributed by atoms with Gasteiger partial charge in [-0.1, -0.05) is 12.1 Å². The van der Waals surface area contributed by atoms with Crippen LogP contribution in [0.4, 0.5) is 0 Å². The lowest BCUT2D eigenvalue weighted by molar-refractivity contribution is 0.0950. The molecule has 0 spiro atoms. The molecule has 1 aromatic carbocycles. The lowest BCUT2D eigenvalue weighted by Gasteiger charge is -2.15. The van der Waals surface area contributed by atoms with Gasteiger partial charge >= 0.3 is 0 Å². The molecule has 0 radical (unpaired) electrons. The van der Waals surface area contributed by atoms with Crippen LogP contribution in [-0.2, 0) is 6.42 Å². The Balaban J connectivity index is 1.68. The highest BCUT2D eigenvalue weighted by Crippen LogP contribution is 2.27. The SMILES string of the molecule is COc1cccc([C@H]2CNC(=O)c3nc(-c4n[nH]c(C)n4)[nH]c3C2)c1. The largest absolute Gasteiger partial charge is 0.497 e. The van der Waals surface area contributed by atoms with E-state index in [-0.39, 0.29) is 11.8 Å². The van der Waals surface area contributed by atoms with Gasteiger partial charge in [0.05, 0.1) is 7.11 Å². The van der Waals surface area contributed by atoms with E-state index in [2.05, 4.69) is 30.5 Å². The van der Waals surface area contributed by atoms with Crippen molar-refractivity contribution in [3.8, 4) is 17.4 Å². The Morgan fingerprint density at radius 2 is 2.16 bits per heavy atom.